The summed E-state index contributed by atoms with van der Waals surface area (Å²) < 4.78 is 1.55. The van der Waals surface area contributed by atoms with Crippen molar-refractivity contribution in [3.8, 4) is 5.69 Å². The van der Waals surface area contributed by atoms with Crippen LogP contribution in [0.5, 0.6) is 0 Å². The molecule has 0 saturated heterocycles. The molecule has 3 aromatic carbocycles. The highest BCUT2D eigenvalue weighted by Crippen LogP contribution is 2.25. The number of anilines is 2. The van der Waals surface area contributed by atoms with Crippen molar-refractivity contribution < 1.29 is 4.79 Å². The number of carbonyl (C=O) groups excluding carboxylic acids is 1. The molecule has 4 aromatic rings. The number of benzene rings is 3. The summed E-state index contributed by atoms with van der Waals surface area (Å²) >= 11 is 0. The number of hydrogen-bond donors (Lipinski definition) is 2. The molecule has 32 heavy (non-hydrogen) atoms. The number of hydrogen-bond acceptors (Lipinski definition) is 3. The molecule has 0 radical (unpaired) electrons. The smallest absolute Gasteiger partial charge is 0.330 e. The molecule has 160 valence electrons. The second-order valence-electron chi connectivity index (χ2n) is 8.03. The third kappa shape index (κ3) is 3.71. The van der Waals surface area contributed by atoms with Gasteiger partial charge < -0.3 is 15.2 Å². The fourth-order valence-electron chi connectivity index (χ4n) is 4.26. The van der Waals surface area contributed by atoms with Crippen LogP contribution in [0.25, 0.3) is 5.69 Å². The summed E-state index contributed by atoms with van der Waals surface area (Å²) in [5, 5.41) is 2.96. The molecule has 2 N–H and O–H groups in total. The highest BCUT2D eigenvalue weighted by atomic mass is 16.2. The molecular weight excluding hydrogens is 400 g/mol. The van der Waals surface area contributed by atoms with Crippen LogP contribution in [0, 0.1) is 6.92 Å². The summed E-state index contributed by atoms with van der Waals surface area (Å²) in [7, 11) is 0. The Morgan fingerprint density at radius 1 is 0.938 bits per heavy atom. The van der Waals surface area contributed by atoms with Crippen molar-refractivity contribution >= 4 is 17.3 Å². The molecule has 0 aliphatic carbocycles. The van der Waals surface area contributed by atoms with Gasteiger partial charge in [-0.3, -0.25) is 9.36 Å². The van der Waals surface area contributed by atoms with E-state index in [1.807, 2.05) is 49.4 Å². The number of nitrogens with zero attached hydrogens (tertiary/aromatic N) is 2. The van der Waals surface area contributed by atoms with Gasteiger partial charge in [0, 0.05) is 36.2 Å². The number of carbonyl (C=O) groups is 1. The average Bonchev–Trinajstić information content (AvgIpc) is 3.17. The number of rotatable bonds is 4. The van der Waals surface area contributed by atoms with E-state index in [0.29, 0.717) is 16.9 Å². The summed E-state index contributed by atoms with van der Waals surface area (Å²) in [5.41, 5.74) is 6.18. The van der Waals surface area contributed by atoms with E-state index < -0.39 is 0 Å². The zero-order valence-corrected chi connectivity index (χ0v) is 17.8. The summed E-state index contributed by atoms with van der Waals surface area (Å²) in [6.07, 6.45) is 2.67. The summed E-state index contributed by atoms with van der Waals surface area (Å²) in [6.45, 7) is 3.68. The Hall–Kier alpha value is -4.06. The van der Waals surface area contributed by atoms with Crippen LogP contribution >= 0.6 is 0 Å². The molecule has 2 heterocycles. The monoisotopic (exact) mass is 424 g/mol. The van der Waals surface area contributed by atoms with Gasteiger partial charge in [-0.15, -0.1) is 0 Å². The number of para-hydroxylation sites is 2. The van der Waals surface area contributed by atoms with E-state index in [9.17, 15) is 9.59 Å². The highest BCUT2D eigenvalue weighted by molar-refractivity contribution is 6.05. The molecule has 1 aromatic heterocycles. The molecule has 0 fully saturated rings. The van der Waals surface area contributed by atoms with E-state index in [2.05, 4.69) is 39.5 Å². The first-order chi connectivity index (χ1) is 15.6. The average molecular weight is 425 g/mol. The SMILES string of the molecule is Cc1c[nH]c(=O)n1-c1ccccc1NC(=O)c1ccc(N2CCc3ccccc3C2)cc1. The van der Waals surface area contributed by atoms with Gasteiger partial charge in [-0.2, -0.15) is 0 Å². The third-order valence-corrected chi connectivity index (χ3v) is 5.98. The van der Waals surface area contributed by atoms with Crippen LogP contribution in [0.3, 0.4) is 0 Å². The van der Waals surface area contributed by atoms with Crippen molar-refractivity contribution in [2.75, 3.05) is 16.8 Å². The van der Waals surface area contributed by atoms with Gasteiger partial charge >= 0.3 is 5.69 Å². The maximum absolute atomic E-state index is 12.9. The minimum atomic E-state index is -0.239. The van der Waals surface area contributed by atoms with Crippen molar-refractivity contribution in [2.24, 2.45) is 0 Å². The van der Waals surface area contributed by atoms with Crippen molar-refractivity contribution in [1.29, 1.82) is 0 Å². The molecule has 0 saturated carbocycles. The molecule has 6 nitrogen and oxygen atoms in total. The van der Waals surface area contributed by atoms with Crippen molar-refractivity contribution in [3.05, 3.63) is 112 Å². The second kappa shape index (κ2) is 8.23. The molecular formula is C26H24N4O2. The second-order valence-corrected chi connectivity index (χ2v) is 8.03. The largest absolute Gasteiger partial charge is 0.367 e. The first-order valence-corrected chi connectivity index (χ1v) is 10.7. The number of aromatic nitrogens is 2. The predicted octanol–water partition coefficient (Wildman–Crippen LogP) is 4.29. The standard InChI is InChI=1S/C26H24N4O2/c1-18-16-27-26(32)30(18)24-9-5-4-8-23(24)28-25(31)20-10-12-22(13-11-20)29-15-14-19-6-2-3-7-21(19)17-29/h2-13,16H,14-15,17H2,1H3,(H,27,32)(H,28,31). The Balaban J connectivity index is 1.34. The van der Waals surface area contributed by atoms with Gasteiger partial charge in [0.2, 0.25) is 0 Å². The maximum atomic E-state index is 12.9. The molecule has 0 unspecified atom stereocenters. The fourth-order valence-corrected chi connectivity index (χ4v) is 4.26. The quantitative estimate of drug-likeness (QED) is 0.514. The topological polar surface area (TPSA) is 70.1 Å². The van der Waals surface area contributed by atoms with Crippen LogP contribution in [0.15, 0.2) is 83.8 Å². The van der Waals surface area contributed by atoms with Crippen LogP contribution in [0.1, 0.15) is 27.2 Å². The zero-order chi connectivity index (χ0) is 22.1. The summed E-state index contributed by atoms with van der Waals surface area (Å²) in [5.74, 6) is -0.214. The van der Waals surface area contributed by atoms with E-state index in [1.54, 1.807) is 16.8 Å². The Labute approximate surface area is 186 Å². The molecule has 1 aliphatic heterocycles. The molecule has 5 rings (SSSR count). The van der Waals surface area contributed by atoms with Gasteiger partial charge in [-0.05, 0) is 60.9 Å². The van der Waals surface area contributed by atoms with Gasteiger partial charge in [0.15, 0.2) is 0 Å². The summed E-state index contributed by atoms with van der Waals surface area (Å²) in [6, 6.07) is 23.5. The van der Waals surface area contributed by atoms with Gasteiger partial charge in [0.05, 0.1) is 11.4 Å². The Morgan fingerprint density at radius 3 is 2.41 bits per heavy atom. The number of aryl methyl sites for hydroxylation is 1. The van der Waals surface area contributed by atoms with Crippen LogP contribution < -0.4 is 15.9 Å². The minimum absolute atomic E-state index is 0.214. The zero-order valence-electron chi connectivity index (χ0n) is 17.8. The number of nitrogens with one attached hydrogen (secondary N) is 2. The number of fused-ring (bicyclic) bond motifs is 1. The Bertz CT molecular complexity index is 1330. The maximum Gasteiger partial charge on any atom is 0.330 e. The van der Waals surface area contributed by atoms with Crippen molar-refractivity contribution in [2.45, 2.75) is 19.9 Å². The van der Waals surface area contributed by atoms with Crippen LogP contribution in [0.2, 0.25) is 0 Å². The predicted molar refractivity (Wildman–Crippen MR) is 127 cm³/mol. The molecule has 0 spiro atoms. The lowest BCUT2D eigenvalue weighted by Gasteiger charge is -2.30. The molecule has 1 amide bonds. The number of H-pyrrole nitrogens is 1. The van der Waals surface area contributed by atoms with E-state index in [-0.39, 0.29) is 11.6 Å². The molecule has 0 atom stereocenters. The van der Waals surface area contributed by atoms with Gasteiger partial charge in [-0.1, -0.05) is 36.4 Å². The van der Waals surface area contributed by atoms with Gasteiger partial charge in [0.1, 0.15) is 0 Å². The Morgan fingerprint density at radius 2 is 1.66 bits per heavy atom. The van der Waals surface area contributed by atoms with Gasteiger partial charge in [0.25, 0.3) is 5.91 Å². The van der Waals surface area contributed by atoms with Crippen molar-refractivity contribution in [1.82, 2.24) is 9.55 Å². The number of aromatic amines is 1. The number of imidazole rings is 1. The molecule has 1 aliphatic rings. The van der Waals surface area contributed by atoms with Crippen LogP contribution in [0.4, 0.5) is 11.4 Å². The lowest BCUT2D eigenvalue weighted by Crippen LogP contribution is -2.30. The number of amides is 1. The van der Waals surface area contributed by atoms with E-state index in [1.165, 1.54) is 11.1 Å². The van der Waals surface area contributed by atoms with Gasteiger partial charge in [-0.25, -0.2) is 4.79 Å². The highest BCUT2D eigenvalue weighted by Gasteiger charge is 2.17. The minimum Gasteiger partial charge on any atom is -0.367 e. The fraction of sp³-hybridized carbons (Fsp3) is 0.154. The van der Waals surface area contributed by atoms with E-state index in [0.717, 1.165) is 30.9 Å². The lowest BCUT2D eigenvalue weighted by atomic mass is 9.99. The molecule has 6 heteroatoms. The van der Waals surface area contributed by atoms with E-state index >= 15 is 0 Å². The van der Waals surface area contributed by atoms with Crippen LogP contribution in [-0.2, 0) is 13.0 Å². The molecule has 0 bridgehead atoms. The first kappa shape index (κ1) is 19.9. The van der Waals surface area contributed by atoms with E-state index in [4.69, 9.17) is 0 Å². The third-order valence-electron chi connectivity index (χ3n) is 5.98. The first-order valence-electron chi connectivity index (χ1n) is 10.7. The Kier molecular flexibility index (Phi) is 5.11. The lowest BCUT2D eigenvalue weighted by molar-refractivity contribution is 0.102. The van der Waals surface area contributed by atoms with Crippen LogP contribution in [-0.4, -0.2) is 22.0 Å². The summed E-state index contributed by atoms with van der Waals surface area (Å²) in [4.78, 5) is 30.2. The normalized spacial score (nSPS) is 13.0. The van der Waals surface area contributed by atoms with Crippen molar-refractivity contribution in [3.63, 3.8) is 0 Å².